The smallest absolute Gasteiger partial charge is 0.321 e. The van der Waals surface area contributed by atoms with E-state index in [0.717, 1.165) is 16.0 Å². The van der Waals surface area contributed by atoms with Crippen LogP contribution in [0.15, 0.2) is 47.3 Å². The van der Waals surface area contributed by atoms with Crippen LogP contribution in [0.4, 0.5) is 15.6 Å². The standard InChI is InChI=1S/C20H19ClN4O2S/c1-13-2-5-15(6-3-13)22-19(27)24-8-10-25(11-9-24)20-23-18(26)16-12-14(21)4-7-17(16)28-20/h2-7,12H,8-11H2,1H3,(H,22,27). The van der Waals surface area contributed by atoms with Gasteiger partial charge in [-0.2, -0.15) is 4.98 Å². The second-order valence-corrected chi connectivity index (χ2v) is 8.16. The van der Waals surface area contributed by atoms with Crippen molar-refractivity contribution in [3.8, 4) is 0 Å². The van der Waals surface area contributed by atoms with Crippen molar-refractivity contribution < 1.29 is 4.79 Å². The van der Waals surface area contributed by atoms with Crippen LogP contribution < -0.4 is 15.8 Å². The summed E-state index contributed by atoms with van der Waals surface area (Å²) < 4.78 is 0.860. The first-order valence-corrected chi connectivity index (χ1v) is 10.2. The summed E-state index contributed by atoms with van der Waals surface area (Å²) in [5, 5.41) is 4.67. The number of aromatic nitrogens is 1. The molecule has 6 nitrogen and oxygen atoms in total. The Labute approximate surface area is 171 Å². The van der Waals surface area contributed by atoms with Crippen molar-refractivity contribution in [3.63, 3.8) is 0 Å². The number of anilines is 2. The number of amides is 2. The number of hydrogen-bond donors (Lipinski definition) is 1. The van der Waals surface area contributed by atoms with Crippen molar-refractivity contribution in [1.29, 1.82) is 0 Å². The molecule has 1 N–H and O–H groups in total. The Morgan fingerprint density at radius 3 is 2.54 bits per heavy atom. The Kier molecular flexibility index (Phi) is 5.19. The number of rotatable bonds is 2. The molecule has 1 aliphatic rings. The predicted molar refractivity (Wildman–Crippen MR) is 115 cm³/mol. The minimum atomic E-state index is -0.272. The molecule has 1 fully saturated rings. The number of fused-ring (bicyclic) bond motifs is 1. The summed E-state index contributed by atoms with van der Waals surface area (Å²) in [7, 11) is 0. The van der Waals surface area contributed by atoms with Crippen LogP contribution in [0.3, 0.4) is 0 Å². The summed E-state index contributed by atoms with van der Waals surface area (Å²) in [5.41, 5.74) is 1.66. The van der Waals surface area contributed by atoms with Crippen molar-refractivity contribution in [2.45, 2.75) is 6.92 Å². The maximum Gasteiger partial charge on any atom is 0.321 e. The molecule has 144 valence electrons. The van der Waals surface area contributed by atoms with E-state index in [1.54, 1.807) is 17.0 Å². The average molecular weight is 415 g/mol. The first kappa shape index (κ1) is 18.7. The monoisotopic (exact) mass is 414 g/mol. The van der Waals surface area contributed by atoms with Gasteiger partial charge in [0.05, 0.1) is 5.39 Å². The van der Waals surface area contributed by atoms with Crippen molar-refractivity contribution in [2.75, 3.05) is 36.4 Å². The molecule has 4 rings (SSSR count). The molecule has 28 heavy (non-hydrogen) atoms. The van der Waals surface area contributed by atoms with Gasteiger partial charge in [0.1, 0.15) is 0 Å². The SMILES string of the molecule is Cc1ccc(NC(=O)N2CCN(c3nc(=O)c4cc(Cl)ccc4s3)CC2)cc1. The third kappa shape index (κ3) is 3.95. The lowest BCUT2D eigenvalue weighted by Crippen LogP contribution is -2.50. The number of hydrogen-bond acceptors (Lipinski definition) is 5. The van der Waals surface area contributed by atoms with Crippen LogP contribution in [0.25, 0.3) is 10.1 Å². The second kappa shape index (κ2) is 7.77. The topological polar surface area (TPSA) is 65.5 Å². The molecular formula is C20H19ClN4O2S. The molecule has 0 atom stereocenters. The Balaban J connectivity index is 1.43. The Bertz CT molecular complexity index is 1080. The maximum atomic E-state index is 12.5. The molecule has 0 radical (unpaired) electrons. The number of nitrogens with zero attached hydrogens (tertiary/aromatic N) is 3. The summed E-state index contributed by atoms with van der Waals surface area (Å²) in [6, 6.07) is 12.9. The zero-order valence-corrected chi connectivity index (χ0v) is 16.9. The molecule has 0 spiro atoms. The fourth-order valence-corrected chi connectivity index (χ4v) is 4.30. The van der Waals surface area contributed by atoms with Crippen molar-refractivity contribution >= 4 is 49.9 Å². The molecule has 0 bridgehead atoms. The van der Waals surface area contributed by atoms with Crippen LogP contribution in [0.2, 0.25) is 5.02 Å². The number of carbonyl (C=O) groups excluding carboxylic acids is 1. The largest absolute Gasteiger partial charge is 0.344 e. The van der Waals surface area contributed by atoms with E-state index in [9.17, 15) is 9.59 Å². The molecule has 2 heterocycles. The van der Waals surface area contributed by atoms with Gasteiger partial charge in [-0.25, -0.2) is 4.79 Å². The van der Waals surface area contributed by atoms with Gasteiger partial charge in [-0.1, -0.05) is 40.6 Å². The molecule has 1 saturated heterocycles. The first-order valence-electron chi connectivity index (χ1n) is 8.97. The van der Waals surface area contributed by atoms with Gasteiger partial charge >= 0.3 is 6.03 Å². The molecule has 0 unspecified atom stereocenters. The van der Waals surface area contributed by atoms with E-state index in [4.69, 9.17) is 11.6 Å². The number of nitrogens with one attached hydrogen (secondary N) is 1. The minimum Gasteiger partial charge on any atom is -0.344 e. The van der Waals surface area contributed by atoms with Gasteiger partial charge in [0.15, 0.2) is 5.13 Å². The molecule has 1 aliphatic heterocycles. The van der Waals surface area contributed by atoms with Crippen LogP contribution in [0, 0.1) is 6.92 Å². The van der Waals surface area contributed by atoms with Gasteiger partial charge in [0.2, 0.25) is 0 Å². The fraction of sp³-hybridized carbons (Fsp3) is 0.250. The molecule has 2 aromatic carbocycles. The molecule has 0 saturated carbocycles. The quantitative estimate of drug-likeness (QED) is 0.689. The summed E-state index contributed by atoms with van der Waals surface area (Å²) >= 11 is 7.44. The normalized spacial score (nSPS) is 14.4. The van der Waals surface area contributed by atoms with Gasteiger partial charge in [-0.15, -0.1) is 0 Å². The third-order valence-corrected chi connectivity index (χ3v) is 6.05. The van der Waals surface area contributed by atoms with Gasteiger partial charge in [0.25, 0.3) is 5.56 Å². The third-order valence-electron chi connectivity index (χ3n) is 4.71. The molecule has 1 aromatic heterocycles. The number of benzene rings is 2. The molecule has 0 aliphatic carbocycles. The van der Waals surface area contributed by atoms with Crippen LogP contribution in [0.5, 0.6) is 0 Å². The minimum absolute atomic E-state index is 0.113. The van der Waals surface area contributed by atoms with Crippen molar-refractivity contribution in [1.82, 2.24) is 9.88 Å². The van der Waals surface area contributed by atoms with E-state index in [0.29, 0.717) is 41.7 Å². The number of halogens is 1. The van der Waals surface area contributed by atoms with Crippen molar-refractivity contribution in [3.05, 3.63) is 63.4 Å². The molecular weight excluding hydrogens is 396 g/mol. The summed E-state index contributed by atoms with van der Waals surface area (Å²) in [4.78, 5) is 32.9. The summed E-state index contributed by atoms with van der Waals surface area (Å²) in [6.07, 6.45) is 0. The van der Waals surface area contributed by atoms with E-state index in [-0.39, 0.29) is 11.6 Å². The Hall–Kier alpha value is -2.64. The second-order valence-electron chi connectivity index (χ2n) is 6.71. The highest BCUT2D eigenvalue weighted by Gasteiger charge is 2.23. The highest BCUT2D eigenvalue weighted by atomic mass is 35.5. The Morgan fingerprint density at radius 1 is 1.11 bits per heavy atom. The zero-order chi connectivity index (χ0) is 19.7. The van der Waals surface area contributed by atoms with Gasteiger partial charge < -0.3 is 15.1 Å². The summed E-state index contributed by atoms with van der Waals surface area (Å²) in [6.45, 7) is 4.40. The van der Waals surface area contributed by atoms with E-state index in [1.807, 2.05) is 37.3 Å². The highest BCUT2D eigenvalue weighted by Crippen LogP contribution is 2.26. The lowest BCUT2D eigenvalue weighted by molar-refractivity contribution is 0.208. The van der Waals surface area contributed by atoms with Crippen LogP contribution in [0.1, 0.15) is 5.56 Å². The first-order chi connectivity index (χ1) is 13.5. The lowest BCUT2D eigenvalue weighted by Gasteiger charge is -2.34. The Morgan fingerprint density at radius 2 is 1.82 bits per heavy atom. The van der Waals surface area contributed by atoms with Crippen molar-refractivity contribution in [2.24, 2.45) is 0 Å². The number of aryl methyl sites for hydroxylation is 1. The van der Waals surface area contributed by atoms with E-state index in [2.05, 4.69) is 15.2 Å². The van der Waals surface area contributed by atoms with Gasteiger partial charge in [-0.05, 0) is 37.3 Å². The van der Waals surface area contributed by atoms with Gasteiger partial charge in [0, 0.05) is 41.6 Å². The predicted octanol–water partition coefficient (Wildman–Crippen LogP) is 3.97. The molecule has 8 heteroatoms. The number of piperazine rings is 1. The van der Waals surface area contributed by atoms with E-state index >= 15 is 0 Å². The molecule has 2 amide bonds. The van der Waals surface area contributed by atoms with E-state index in [1.165, 1.54) is 11.3 Å². The lowest BCUT2D eigenvalue weighted by atomic mass is 10.2. The fourth-order valence-electron chi connectivity index (χ4n) is 3.10. The summed E-state index contributed by atoms with van der Waals surface area (Å²) in [5.74, 6) is 0. The molecule has 3 aromatic rings. The van der Waals surface area contributed by atoms with Crippen LogP contribution >= 0.6 is 22.9 Å². The van der Waals surface area contributed by atoms with Crippen LogP contribution in [-0.2, 0) is 0 Å². The number of urea groups is 1. The number of carbonyl (C=O) groups is 1. The average Bonchev–Trinajstić information content (AvgIpc) is 2.70. The van der Waals surface area contributed by atoms with Gasteiger partial charge in [-0.3, -0.25) is 4.79 Å². The maximum absolute atomic E-state index is 12.5. The zero-order valence-electron chi connectivity index (χ0n) is 15.3. The van der Waals surface area contributed by atoms with Crippen LogP contribution in [-0.4, -0.2) is 42.1 Å². The highest BCUT2D eigenvalue weighted by molar-refractivity contribution is 7.21. The van der Waals surface area contributed by atoms with E-state index < -0.39 is 0 Å².